The molecule has 0 aromatic heterocycles. The van der Waals surface area contributed by atoms with Gasteiger partial charge in [0.1, 0.15) is 0 Å². The first-order valence-corrected chi connectivity index (χ1v) is 4.67. The third kappa shape index (κ3) is 2.03. The zero-order valence-electron chi connectivity index (χ0n) is 8.58. The van der Waals surface area contributed by atoms with Gasteiger partial charge in [-0.1, -0.05) is 29.2 Å². The van der Waals surface area contributed by atoms with Crippen molar-refractivity contribution < 1.29 is 14.4 Å². The molecule has 0 atom stereocenters. The van der Waals surface area contributed by atoms with Crippen molar-refractivity contribution in [3.05, 3.63) is 39.6 Å². The van der Waals surface area contributed by atoms with E-state index in [0.717, 1.165) is 10.4 Å². The van der Waals surface area contributed by atoms with Crippen molar-refractivity contribution in [2.24, 2.45) is 5.16 Å². The number of hydrogen-bond donors (Lipinski definition) is 0. The number of hydrogen-bond acceptors (Lipinski definition) is 4. The van der Waals surface area contributed by atoms with Crippen LogP contribution in [0.15, 0.2) is 29.4 Å². The lowest BCUT2D eigenvalue weighted by molar-refractivity contribution is -0.309. The van der Waals surface area contributed by atoms with Gasteiger partial charge in [0.15, 0.2) is 11.4 Å². The molecular formula is C11H9N2O3+. The number of nitrogens with zero attached hydrogens (tertiary/aromatic N) is 2. The molecule has 0 saturated carbocycles. The molecule has 2 rings (SSSR count). The fourth-order valence-corrected chi connectivity index (χ4v) is 1.33. The summed E-state index contributed by atoms with van der Waals surface area (Å²) in [6, 6.07) is 7.36. The molecule has 80 valence electrons. The van der Waals surface area contributed by atoms with Crippen molar-refractivity contribution >= 4 is 24.1 Å². The maximum Gasteiger partial charge on any atom is 0.413 e. The molecule has 5 nitrogen and oxygen atoms in total. The first-order valence-electron chi connectivity index (χ1n) is 4.67. The summed E-state index contributed by atoms with van der Waals surface area (Å²) in [5.74, 6) is -0.512. The van der Waals surface area contributed by atoms with Gasteiger partial charge in [0.2, 0.25) is 0 Å². The summed E-state index contributed by atoms with van der Waals surface area (Å²) in [5.41, 5.74) is 0. The minimum absolute atomic E-state index is 0.0499. The van der Waals surface area contributed by atoms with Gasteiger partial charge in [0, 0.05) is 23.0 Å². The van der Waals surface area contributed by atoms with Crippen LogP contribution in [0.25, 0.3) is 12.3 Å². The van der Waals surface area contributed by atoms with E-state index in [0.29, 0.717) is 4.76 Å². The molecule has 1 aromatic rings. The van der Waals surface area contributed by atoms with E-state index < -0.39 is 5.97 Å². The Morgan fingerprint density at radius 2 is 2.00 bits per heavy atom. The molecule has 0 amide bonds. The SMILES string of the molecule is CC(=O)ON=C1C=c2ccccc2=C[N+]1=O. The summed E-state index contributed by atoms with van der Waals surface area (Å²) in [4.78, 5) is 26.5. The van der Waals surface area contributed by atoms with E-state index >= 15 is 0 Å². The molecule has 16 heavy (non-hydrogen) atoms. The third-order valence-corrected chi connectivity index (χ3v) is 2.03. The molecule has 1 aliphatic heterocycles. The Morgan fingerprint density at radius 3 is 2.69 bits per heavy atom. The molecule has 1 heterocycles. The Labute approximate surface area is 90.9 Å². The van der Waals surface area contributed by atoms with Crippen molar-refractivity contribution in [1.29, 1.82) is 0 Å². The van der Waals surface area contributed by atoms with Gasteiger partial charge in [-0.2, -0.15) is 0 Å². The van der Waals surface area contributed by atoms with Crippen LogP contribution in [0.3, 0.4) is 0 Å². The van der Waals surface area contributed by atoms with E-state index in [2.05, 4.69) is 9.99 Å². The van der Waals surface area contributed by atoms with Gasteiger partial charge in [-0.3, -0.25) is 0 Å². The average Bonchev–Trinajstić information content (AvgIpc) is 2.26. The van der Waals surface area contributed by atoms with Crippen LogP contribution in [-0.2, 0) is 9.63 Å². The maximum atomic E-state index is 11.5. The molecule has 0 spiro atoms. The van der Waals surface area contributed by atoms with Crippen molar-refractivity contribution in [3.63, 3.8) is 0 Å². The number of oxime groups is 1. The quantitative estimate of drug-likeness (QED) is 0.374. The molecule has 0 fully saturated rings. The van der Waals surface area contributed by atoms with Gasteiger partial charge in [-0.25, -0.2) is 9.63 Å². The van der Waals surface area contributed by atoms with E-state index in [4.69, 9.17) is 0 Å². The first kappa shape index (κ1) is 10.2. The number of carbonyl (C=O) groups is 1. The molecule has 1 aromatic carbocycles. The van der Waals surface area contributed by atoms with Crippen LogP contribution in [0.5, 0.6) is 0 Å². The fraction of sp³-hybridized carbons (Fsp3) is 0.0909. The molecule has 0 radical (unpaired) electrons. The lowest BCUT2D eigenvalue weighted by Crippen LogP contribution is -2.33. The molecule has 0 aliphatic carbocycles. The highest BCUT2D eigenvalue weighted by molar-refractivity contribution is 6.04. The van der Waals surface area contributed by atoms with Crippen molar-refractivity contribution in [3.8, 4) is 0 Å². The van der Waals surface area contributed by atoms with Gasteiger partial charge in [-0.05, 0) is 5.22 Å². The van der Waals surface area contributed by atoms with Crippen LogP contribution in [0.1, 0.15) is 6.92 Å². The van der Waals surface area contributed by atoms with E-state index in [-0.39, 0.29) is 5.84 Å². The fourth-order valence-electron chi connectivity index (χ4n) is 1.33. The van der Waals surface area contributed by atoms with E-state index in [1.807, 2.05) is 24.3 Å². The predicted molar refractivity (Wildman–Crippen MR) is 57.5 cm³/mol. The topological polar surface area (TPSA) is 58.7 Å². The summed E-state index contributed by atoms with van der Waals surface area (Å²) in [7, 11) is 0. The Hall–Kier alpha value is -2.30. The normalized spacial score (nSPS) is 16.1. The molecule has 0 N–H and O–H groups in total. The Morgan fingerprint density at radius 1 is 1.31 bits per heavy atom. The monoisotopic (exact) mass is 217 g/mol. The van der Waals surface area contributed by atoms with Crippen LogP contribution in [-0.4, -0.2) is 16.6 Å². The lowest BCUT2D eigenvalue weighted by Gasteiger charge is -1.95. The van der Waals surface area contributed by atoms with Crippen molar-refractivity contribution in [2.75, 3.05) is 0 Å². The minimum atomic E-state index is -0.562. The molecule has 0 saturated heterocycles. The smallest absolute Gasteiger partial charge is 0.247 e. The van der Waals surface area contributed by atoms with Gasteiger partial charge < -0.3 is 0 Å². The number of carbonyl (C=O) groups excluding carboxylic acids is 1. The van der Waals surface area contributed by atoms with Gasteiger partial charge in [-0.15, -0.1) is 0 Å². The highest BCUT2D eigenvalue weighted by Crippen LogP contribution is 1.92. The zero-order chi connectivity index (χ0) is 11.5. The Kier molecular flexibility index (Phi) is 2.59. The standard InChI is InChI=1S/C11H9N2O3/c1-8(14)16-12-11-6-9-4-2-3-5-10(9)7-13(11)15/h2-7H,1H3/q+1. The molecular weight excluding hydrogens is 208 g/mol. The van der Waals surface area contributed by atoms with Crippen LogP contribution >= 0.6 is 0 Å². The summed E-state index contributed by atoms with van der Waals surface area (Å²) in [6.07, 6.45) is 2.95. The second-order valence-electron chi connectivity index (χ2n) is 3.26. The highest BCUT2D eigenvalue weighted by Gasteiger charge is 2.19. The van der Waals surface area contributed by atoms with E-state index in [9.17, 15) is 9.70 Å². The number of amidine groups is 1. The largest absolute Gasteiger partial charge is 0.413 e. The molecule has 0 bridgehead atoms. The van der Waals surface area contributed by atoms with Crippen molar-refractivity contribution in [1.82, 2.24) is 0 Å². The number of rotatable bonds is 1. The van der Waals surface area contributed by atoms with Crippen LogP contribution in [0.2, 0.25) is 0 Å². The number of fused-ring (bicyclic) bond motifs is 1. The number of benzene rings is 1. The zero-order valence-corrected chi connectivity index (χ0v) is 8.58. The van der Waals surface area contributed by atoms with Gasteiger partial charge in [0.05, 0.1) is 0 Å². The third-order valence-electron chi connectivity index (χ3n) is 2.03. The minimum Gasteiger partial charge on any atom is -0.247 e. The summed E-state index contributed by atoms with van der Waals surface area (Å²) >= 11 is 0. The lowest BCUT2D eigenvalue weighted by atomic mass is 10.2. The maximum absolute atomic E-state index is 11.5. The Balaban J connectivity index is 2.48. The van der Waals surface area contributed by atoms with E-state index in [1.54, 1.807) is 6.08 Å². The van der Waals surface area contributed by atoms with Crippen molar-refractivity contribution in [2.45, 2.75) is 6.92 Å². The predicted octanol–water partition coefficient (Wildman–Crippen LogP) is -0.126. The number of nitroso groups, excluding NO2 is 1. The highest BCUT2D eigenvalue weighted by atomic mass is 16.7. The second-order valence-corrected chi connectivity index (χ2v) is 3.26. The van der Waals surface area contributed by atoms with Crippen LogP contribution < -0.4 is 10.4 Å². The first-order chi connectivity index (χ1) is 7.66. The average molecular weight is 217 g/mol. The van der Waals surface area contributed by atoms with Crippen LogP contribution in [0.4, 0.5) is 0 Å². The molecule has 0 unspecified atom stereocenters. The summed E-state index contributed by atoms with van der Waals surface area (Å²) in [5, 5.41) is 5.12. The summed E-state index contributed by atoms with van der Waals surface area (Å²) < 4.78 is 0.561. The molecule has 5 heteroatoms. The van der Waals surface area contributed by atoms with Gasteiger partial charge >= 0.3 is 11.8 Å². The van der Waals surface area contributed by atoms with Gasteiger partial charge in [0.25, 0.3) is 0 Å². The second kappa shape index (κ2) is 4.06. The van der Waals surface area contributed by atoms with Crippen LogP contribution in [0, 0.1) is 4.91 Å². The Bertz CT molecular complexity index is 602. The summed E-state index contributed by atoms with van der Waals surface area (Å²) in [6.45, 7) is 1.22. The molecule has 1 aliphatic rings. The van der Waals surface area contributed by atoms with E-state index in [1.165, 1.54) is 13.1 Å².